The summed E-state index contributed by atoms with van der Waals surface area (Å²) in [5.74, 6) is 0.952. The quantitative estimate of drug-likeness (QED) is 0.649. The molecule has 1 fully saturated rings. The Morgan fingerprint density at radius 1 is 1.10 bits per heavy atom. The average molecular weight is 389 g/mol. The molecule has 1 atom stereocenters. The Hall–Kier alpha value is -2.62. The van der Waals surface area contributed by atoms with Gasteiger partial charge in [0.05, 0.1) is 17.8 Å². The van der Waals surface area contributed by atoms with E-state index in [9.17, 15) is 4.79 Å². The van der Waals surface area contributed by atoms with E-state index >= 15 is 0 Å². The van der Waals surface area contributed by atoms with Crippen LogP contribution in [0.3, 0.4) is 0 Å². The topological polar surface area (TPSA) is 41.9 Å². The zero-order valence-electron chi connectivity index (χ0n) is 17.2. The lowest BCUT2D eigenvalue weighted by Crippen LogP contribution is -2.44. The predicted octanol–water partition coefficient (Wildman–Crippen LogP) is 5.23. The highest BCUT2D eigenvalue weighted by Crippen LogP contribution is 2.43. The van der Waals surface area contributed by atoms with Crippen LogP contribution in [0.4, 0.5) is 0 Å². The second-order valence-electron chi connectivity index (χ2n) is 8.65. The lowest BCUT2D eigenvalue weighted by molar-refractivity contribution is 0.0681. The lowest BCUT2D eigenvalue weighted by Gasteiger charge is -2.36. The van der Waals surface area contributed by atoms with Gasteiger partial charge >= 0.3 is 0 Å². The largest absolute Gasteiger partial charge is 0.491 e. The van der Waals surface area contributed by atoms with Crippen LogP contribution in [0.25, 0.3) is 0 Å². The molecule has 0 saturated heterocycles. The van der Waals surface area contributed by atoms with Crippen LogP contribution in [0.2, 0.25) is 0 Å². The highest BCUT2D eigenvalue weighted by molar-refractivity contribution is 6.07. The number of nitrogens with zero attached hydrogens (tertiary/aromatic N) is 2. The number of hydrogen-bond donors (Lipinski definition) is 0. The van der Waals surface area contributed by atoms with Gasteiger partial charge in [-0.3, -0.25) is 9.79 Å². The van der Waals surface area contributed by atoms with E-state index in [2.05, 4.69) is 23.1 Å². The molecule has 0 N–H and O–H groups in total. The van der Waals surface area contributed by atoms with Crippen molar-refractivity contribution in [3.63, 3.8) is 0 Å². The third kappa shape index (κ3) is 3.45. The van der Waals surface area contributed by atoms with Crippen LogP contribution < -0.4 is 4.74 Å². The van der Waals surface area contributed by atoms with Crippen LogP contribution in [-0.4, -0.2) is 34.7 Å². The number of amides is 1. The van der Waals surface area contributed by atoms with Gasteiger partial charge in [-0.15, -0.1) is 0 Å². The SMILES string of the molecule is CC(C)Oc1ccc(C(=O)N(C2CC2)C2CCC=C3N=C4CC=CCC4=C32)cc1. The monoisotopic (exact) mass is 388 g/mol. The van der Waals surface area contributed by atoms with E-state index < -0.39 is 0 Å². The van der Waals surface area contributed by atoms with E-state index in [0.717, 1.165) is 55.5 Å². The lowest BCUT2D eigenvalue weighted by atomic mass is 9.85. The number of allylic oxidation sites excluding steroid dienone is 4. The zero-order chi connectivity index (χ0) is 20.0. The third-order valence-electron chi connectivity index (χ3n) is 6.10. The Kier molecular flexibility index (Phi) is 4.65. The molecule has 0 bridgehead atoms. The van der Waals surface area contributed by atoms with Crippen molar-refractivity contribution in [1.29, 1.82) is 0 Å². The van der Waals surface area contributed by atoms with Gasteiger partial charge in [-0.2, -0.15) is 0 Å². The highest BCUT2D eigenvalue weighted by atomic mass is 16.5. The molecule has 1 aliphatic heterocycles. The van der Waals surface area contributed by atoms with Crippen molar-refractivity contribution in [1.82, 2.24) is 4.90 Å². The molecule has 150 valence electrons. The first-order valence-corrected chi connectivity index (χ1v) is 10.9. The van der Waals surface area contributed by atoms with Crippen molar-refractivity contribution >= 4 is 11.6 Å². The number of fused-ring (bicyclic) bond motifs is 2. The first-order valence-electron chi connectivity index (χ1n) is 10.9. The average Bonchev–Trinajstić information content (AvgIpc) is 3.47. The normalized spacial score (nSPS) is 22.8. The Morgan fingerprint density at radius 3 is 2.59 bits per heavy atom. The predicted molar refractivity (Wildman–Crippen MR) is 115 cm³/mol. The molecule has 4 aliphatic rings. The summed E-state index contributed by atoms with van der Waals surface area (Å²) in [6, 6.07) is 8.14. The first kappa shape index (κ1) is 18.4. The van der Waals surface area contributed by atoms with Gasteiger partial charge in [-0.1, -0.05) is 18.2 Å². The minimum Gasteiger partial charge on any atom is -0.491 e. The molecule has 4 heteroatoms. The van der Waals surface area contributed by atoms with Crippen LogP contribution in [0.15, 0.2) is 64.3 Å². The second kappa shape index (κ2) is 7.33. The van der Waals surface area contributed by atoms with Crippen molar-refractivity contribution in [3.8, 4) is 5.75 Å². The number of carbonyl (C=O) groups is 1. The van der Waals surface area contributed by atoms with E-state index in [1.807, 2.05) is 38.1 Å². The van der Waals surface area contributed by atoms with Gasteiger partial charge in [0.25, 0.3) is 5.91 Å². The number of rotatable bonds is 5. The van der Waals surface area contributed by atoms with Crippen LogP contribution in [0, 0.1) is 0 Å². The van der Waals surface area contributed by atoms with Crippen LogP contribution in [-0.2, 0) is 0 Å². The number of carbonyl (C=O) groups excluding carboxylic acids is 1. The van der Waals surface area contributed by atoms with Crippen molar-refractivity contribution in [2.24, 2.45) is 4.99 Å². The maximum Gasteiger partial charge on any atom is 0.254 e. The van der Waals surface area contributed by atoms with E-state index in [4.69, 9.17) is 9.73 Å². The van der Waals surface area contributed by atoms with Gasteiger partial charge in [-0.25, -0.2) is 0 Å². The number of ether oxygens (including phenoxy) is 1. The second-order valence-corrected chi connectivity index (χ2v) is 8.65. The summed E-state index contributed by atoms with van der Waals surface area (Å²) >= 11 is 0. The molecular formula is C25H28N2O2. The molecule has 1 aromatic carbocycles. The van der Waals surface area contributed by atoms with E-state index in [1.54, 1.807) is 0 Å². The number of aliphatic imine (C=N–C) groups is 1. The van der Waals surface area contributed by atoms with Gasteiger partial charge in [-0.05, 0) is 75.8 Å². The van der Waals surface area contributed by atoms with E-state index in [0.29, 0.717) is 6.04 Å². The van der Waals surface area contributed by atoms with Crippen LogP contribution in [0.1, 0.15) is 62.7 Å². The van der Waals surface area contributed by atoms with Gasteiger partial charge < -0.3 is 9.64 Å². The molecule has 4 nitrogen and oxygen atoms in total. The summed E-state index contributed by atoms with van der Waals surface area (Å²) in [4.78, 5) is 20.7. The fourth-order valence-electron chi connectivity index (χ4n) is 4.72. The summed E-state index contributed by atoms with van der Waals surface area (Å²) in [6.45, 7) is 4.02. The first-order chi connectivity index (χ1) is 14.1. The summed E-state index contributed by atoms with van der Waals surface area (Å²) in [6.07, 6.45) is 12.9. The fraction of sp³-hybridized carbons (Fsp3) is 0.440. The number of benzene rings is 1. The maximum absolute atomic E-state index is 13.6. The van der Waals surface area contributed by atoms with E-state index in [1.165, 1.54) is 16.9 Å². The minimum atomic E-state index is 0.126. The molecule has 0 spiro atoms. The maximum atomic E-state index is 13.6. The molecular weight excluding hydrogens is 360 g/mol. The van der Waals surface area contributed by atoms with Crippen molar-refractivity contribution in [2.75, 3.05) is 0 Å². The summed E-state index contributed by atoms with van der Waals surface area (Å²) in [5, 5.41) is 0. The molecule has 1 saturated carbocycles. The highest BCUT2D eigenvalue weighted by Gasteiger charge is 2.43. The zero-order valence-corrected chi connectivity index (χ0v) is 17.2. The molecule has 1 amide bonds. The number of hydrogen-bond acceptors (Lipinski definition) is 3. The van der Waals surface area contributed by atoms with Crippen molar-refractivity contribution < 1.29 is 9.53 Å². The Morgan fingerprint density at radius 2 is 1.86 bits per heavy atom. The van der Waals surface area contributed by atoms with Crippen LogP contribution >= 0.6 is 0 Å². The summed E-state index contributed by atoms with van der Waals surface area (Å²) < 4.78 is 5.74. The minimum absolute atomic E-state index is 0.126. The molecule has 0 radical (unpaired) electrons. The van der Waals surface area contributed by atoms with Gasteiger partial charge in [0.2, 0.25) is 0 Å². The molecule has 3 aliphatic carbocycles. The molecule has 1 unspecified atom stereocenters. The fourth-order valence-corrected chi connectivity index (χ4v) is 4.72. The Balaban J connectivity index is 1.46. The Bertz CT molecular complexity index is 946. The standard InChI is InChI=1S/C25H28N2O2/c1-16(2)29-19-14-10-17(11-15-19)25(28)27(18-12-13-18)23-9-5-8-22-24(23)20-6-3-4-7-21(20)26-22/h3-4,8,10-11,14-16,18,23H,5-7,9,12-13H2,1-2H3. The van der Waals surface area contributed by atoms with E-state index in [-0.39, 0.29) is 18.1 Å². The molecule has 1 aromatic rings. The van der Waals surface area contributed by atoms with Gasteiger partial charge in [0, 0.05) is 29.3 Å². The molecule has 29 heavy (non-hydrogen) atoms. The molecule has 1 heterocycles. The molecule has 5 rings (SSSR count). The smallest absolute Gasteiger partial charge is 0.254 e. The van der Waals surface area contributed by atoms with Gasteiger partial charge in [0.15, 0.2) is 0 Å². The third-order valence-corrected chi connectivity index (χ3v) is 6.10. The Labute approximate surface area is 172 Å². The summed E-state index contributed by atoms with van der Waals surface area (Å²) in [5.41, 5.74) is 5.75. The van der Waals surface area contributed by atoms with Gasteiger partial charge in [0.1, 0.15) is 5.75 Å². The van der Waals surface area contributed by atoms with Crippen LogP contribution in [0.5, 0.6) is 5.75 Å². The van der Waals surface area contributed by atoms with Crippen molar-refractivity contribution in [2.45, 2.75) is 70.6 Å². The molecule has 0 aromatic heterocycles. The van der Waals surface area contributed by atoms with Crippen molar-refractivity contribution in [3.05, 3.63) is 64.9 Å². The summed E-state index contributed by atoms with van der Waals surface area (Å²) in [7, 11) is 0.